The second kappa shape index (κ2) is 14.0. The molecule has 13 aromatic rings. The van der Waals surface area contributed by atoms with Crippen molar-refractivity contribution in [2.24, 2.45) is 0 Å². The first-order chi connectivity index (χ1) is 31.3. The van der Waals surface area contributed by atoms with E-state index in [0.717, 1.165) is 77.2 Å². The molecule has 63 heavy (non-hydrogen) atoms. The highest BCUT2D eigenvalue weighted by atomic mass is 15.2. The molecule has 0 saturated heterocycles. The van der Waals surface area contributed by atoms with Crippen LogP contribution in [0.3, 0.4) is 0 Å². The SMILES string of the molecule is c1ccc(-c2nc(-c3ccccc3)nc(-n3c4ccccc4c4ccc5c(c6ccccc6n5-c5cccc(-c6ccc7c8ccccc8n(-c8ccccc8)c7c6)c5)c43)n2)cc1. The maximum Gasteiger partial charge on any atom is 0.238 e. The quantitative estimate of drug-likeness (QED) is 0.168. The topological polar surface area (TPSA) is 53.5 Å². The fourth-order valence-corrected chi connectivity index (χ4v) is 9.72. The lowest BCUT2D eigenvalue weighted by Crippen LogP contribution is -2.06. The molecule has 0 fully saturated rings. The molecule has 0 aliphatic rings. The van der Waals surface area contributed by atoms with Crippen molar-refractivity contribution < 1.29 is 0 Å². The van der Waals surface area contributed by atoms with Crippen LogP contribution in [-0.4, -0.2) is 28.7 Å². The van der Waals surface area contributed by atoms with Gasteiger partial charge in [0.1, 0.15) is 0 Å². The van der Waals surface area contributed by atoms with E-state index in [0.29, 0.717) is 17.6 Å². The Hall–Kier alpha value is -8.61. The Balaban J connectivity index is 1.05. The van der Waals surface area contributed by atoms with Gasteiger partial charge in [-0.15, -0.1) is 0 Å². The Morgan fingerprint density at radius 2 is 0.746 bits per heavy atom. The molecule has 0 aliphatic heterocycles. The highest BCUT2D eigenvalue weighted by Crippen LogP contribution is 2.43. The number of rotatable bonds is 6. The molecular weight excluding hydrogens is 769 g/mol. The van der Waals surface area contributed by atoms with E-state index in [1.807, 2.05) is 36.4 Å². The molecule has 0 unspecified atom stereocenters. The molecule has 6 heteroatoms. The van der Waals surface area contributed by atoms with Crippen LogP contribution < -0.4 is 0 Å². The first kappa shape index (κ1) is 35.2. The van der Waals surface area contributed by atoms with E-state index in [-0.39, 0.29) is 0 Å². The minimum atomic E-state index is 0.573. The van der Waals surface area contributed by atoms with E-state index < -0.39 is 0 Å². The number of aromatic nitrogens is 6. The molecule has 0 aliphatic carbocycles. The maximum absolute atomic E-state index is 5.26. The van der Waals surface area contributed by atoms with Gasteiger partial charge in [0.25, 0.3) is 0 Å². The Bertz CT molecular complexity index is 3840. The van der Waals surface area contributed by atoms with Gasteiger partial charge in [0.2, 0.25) is 5.95 Å². The van der Waals surface area contributed by atoms with Crippen molar-refractivity contribution in [3.8, 4) is 51.2 Å². The van der Waals surface area contributed by atoms with E-state index in [9.17, 15) is 0 Å². The van der Waals surface area contributed by atoms with Crippen molar-refractivity contribution in [1.29, 1.82) is 0 Å². The number of benzene rings is 9. The molecule has 0 amide bonds. The van der Waals surface area contributed by atoms with Crippen LogP contribution in [0, 0.1) is 0 Å². The lowest BCUT2D eigenvalue weighted by molar-refractivity contribution is 0.955. The number of para-hydroxylation sites is 4. The number of nitrogens with zero attached hydrogens (tertiary/aromatic N) is 6. The van der Waals surface area contributed by atoms with Crippen LogP contribution in [0.5, 0.6) is 0 Å². The van der Waals surface area contributed by atoms with E-state index in [1.165, 1.54) is 21.8 Å². The molecule has 6 nitrogen and oxygen atoms in total. The Labute approximate surface area is 362 Å². The van der Waals surface area contributed by atoms with Crippen LogP contribution in [0.25, 0.3) is 117 Å². The predicted octanol–water partition coefficient (Wildman–Crippen LogP) is 14.2. The average Bonchev–Trinajstić information content (AvgIpc) is 4.00. The van der Waals surface area contributed by atoms with E-state index in [1.54, 1.807) is 0 Å². The Morgan fingerprint density at radius 1 is 0.270 bits per heavy atom. The van der Waals surface area contributed by atoms with Crippen LogP contribution in [0.4, 0.5) is 0 Å². The highest BCUT2D eigenvalue weighted by molar-refractivity contribution is 6.26. The third-order valence-electron chi connectivity index (χ3n) is 12.5. The van der Waals surface area contributed by atoms with E-state index >= 15 is 0 Å². The zero-order chi connectivity index (χ0) is 41.4. The zero-order valence-electron chi connectivity index (χ0n) is 34.0. The molecule has 0 atom stereocenters. The fraction of sp³-hybridized carbons (Fsp3) is 0. The van der Waals surface area contributed by atoms with Crippen molar-refractivity contribution in [1.82, 2.24) is 28.7 Å². The summed E-state index contributed by atoms with van der Waals surface area (Å²) in [5, 5.41) is 7.05. The number of hydrogen-bond acceptors (Lipinski definition) is 3. The third-order valence-corrected chi connectivity index (χ3v) is 12.5. The van der Waals surface area contributed by atoms with Gasteiger partial charge in [-0.05, 0) is 65.7 Å². The summed E-state index contributed by atoms with van der Waals surface area (Å²) in [4.78, 5) is 15.6. The largest absolute Gasteiger partial charge is 0.309 e. The smallest absolute Gasteiger partial charge is 0.238 e. The molecule has 294 valence electrons. The van der Waals surface area contributed by atoms with Crippen LogP contribution in [0.15, 0.2) is 218 Å². The molecule has 0 N–H and O–H groups in total. The number of hydrogen-bond donors (Lipinski definition) is 0. The van der Waals surface area contributed by atoms with E-state index in [4.69, 9.17) is 15.0 Å². The first-order valence-corrected chi connectivity index (χ1v) is 21.3. The van der Waals surface area contributed by atoms with Crippen molar-refractivity contribution >= 4 is 65.4 Å². The molecular formula is C57H36N6. The van der Waals surface area contributed by atoms with Crippen molar-refractivity contribution in [3.63, 3.8) is 0 Å². The fourth-order valence-electron chi connectivity index (χ4n) is 9.72. The molecule has 0 spiro atoms. The summed E-state index contributed by atoms with van der Waals surface area (Å²) < 4.78 is 7.04. The van der Waals surface area contributed by atoms with Gasteiger partial charge in [-0.3, -0.25) is 4.57 Å². The first-order valence-electron chi connectivity index (χ1n) is 21.3. The summed E-state index contributed by atoms with van der Waals surface area (Å²) in [6.45, 7) is 0. The molecule has 13 rings (SSSR count). The van der Waals surface area contributed by atoms with Crippen molar-refractivity contribution in [3.05, 3.63) is 218 Å². The summed E-state index contributed by atoms with van der Waals surface area (Å²) in [6, 6.07) is 77.4. The van der Waals surface area contributed by atoms with Gasteiger partial charge in [-0.25, -0.2) is 4.98 Å². The van der Waals surface area contributed by atoms with Crippen LogP contribution in [-0.2, 0) is 0 Å². The summed E-state index contributed by atoms with van der Waals surface area (Å²) in [6.07, 6.45) is 0. The van der Waals surface area contributed by atoms with Gasteiger partial charge in [0.05, 0.1) is 33.1 Å². The standard InChI is InChI=1S/C57H36N6/c1-4-17-37(18-5-1)55-58-56(38-19-6-2-7-20-38)60-57(59-55)63-49-29-14-11-26-44(49)46-33-34-51-53(54(46)63)47-27-12-15-30-50(47)62(51)42-24-16-21-39(35-42)40-31-32-45-43-25-10-13-28-48(43)61(52(45)36-40)41-22-8-3-9-23-41/h1-36H. The average molecular weight is 805 g/mol. The van der Waals surface area contributed by atoms with Gasteiger partial charge >= 0.3 is 0 Å². The Kier molecular flexibility index (Phi) is 7.80. The van der Waals surface area contributed by atoms with Gasteiger partial charge < -0.3 is 9.13 Å². The second-order valence-electron chi connectivity index (χ2n) is 16.0. The normalized spacial score (nSPS) is 11.8. The lowest BCUT2D eigenvalue weighted by atomic mass is 10.0. The minimum absolute atomic E-state index is 0.573. The van der Waals surface area contributed by atoms with E-state index in [2.05, 4.69) is 196 Å². The number of fused-ring (bicyclic) bond motifs is 10. The molecule has 0 saturated carbocycles. The summed E-state index contributed by atoms with van der Waals surface area (Å²) >= 11 is 0. The lowest BCUT2D eigenvalue weighted by Gasteiger charge is -2.12. The highest BCUT2D eigenvalue weighted by Gasteiger charge is 2.23. The molecule has 9 aromatic carbocycles. The molecule has 4 aromatic heterocycles. The second-order valence-corrected chi connectivity index (χ2v) is 16.0. The monoisotopic (exact) mass is 804 g/mol. The van der Waals surface area contributed by atoms with Gasteiger partial charge in [0.15, 0.2) is 11.6 Å². The summed E-state index contributed by atoms with van der Waals surface area (Å²) in [5.74, 6) is 1.82. The molecule has 0 radical (unpaired) electrons. The third kappa shape index (κ3) is 5.48. The van der Waals surface area contributed by atoms with Gasteiger partial charge in [-0.2, -0.15) is 9.97 Å². The van der Waals surface area contributed by atoms with Crippen LogP contribution >= 0.6 is 0 Å². The summed E-state index contributed by atoms with van der Waals surface area (Å²) in [5.41, 5.74) is 13.1. The zero-order valence-corrected chi connectivity index (χ0v) is 34.0. The van der Waals surface area contributed by atoms with Crippen LogP contribution in [0.1, 0.15) is 0 Å². The van der Waals surface area contributed by atoms with Gasteiger partial charge in [0, 0.05) is 54.8 Å². The maximum atomic E-state index is 5.26. The predicted molar refractivity (Wildman–Crippen MR) is 259 cm³/mol. The van der Waals surface area contributed by atoms with Crippen molar-refractivity contribution in [2.45, 2.75) is 0 Å². The molecule has 4 heterocycles. The van der Waals surface area contributed by atoms with Crippen LogP contribution in [0.2, 0.25) is 0 Å². The minimum Gasteiger partial charge on any atom is -0.309 e. The summed E-state index contributed by atoms with van der Waals surface area (Å²) in [7, 11) is 0. The molecule has 0 bridgehead atoms. The van der Waals surface area contributed by atoms with Crippen molar-refractivity contribution in [2.75, 3.05) is 0 Å². The Morgan fingerprint density at radius 3 is 1.43 bits per heavy atom. The van der Waals surface area contributed by atoms with Gasteiger partial charge in [-0.1, -0.05) is 164 Å².